The molecule has 0 atom stereocenters. The van der Waals surface area contributed by atoms with Gasteiger partial charge in [-0.2, -0.15) is 0 Å². The van der Waals surface area contributed by atoms with Crippen LogP contribution < -0.4 is 0 Å². The van der Waals surface area contributed by atoms with Gasteiger partial charge in [-0.3, -0.25) is 9.80 Å². The number of nitrogens with zero attached hydrogens (tertiary/aromatic N) is 2. The molecule has 4 heteroatoms. The maximum absolute atomic E-state index is 5.80. The zero-order valence-corrected chi connectivity index (χ0v) is 12.6. The van der Waals surface area contributed by atoms with Crippen molar-refractivity contribution < 1.29 is 0 Å². The molecule has 19 heavy (non-hydrogen) atoms. The van der Waals surface area contributed by atoms with E-state index < -0.39 is 0 Å². The van der Waals surface area contributed by atoms with Crippen molar-refractivity contribution in [3.8, 4) is 0 Å². The monoisotopic (exact) mass is 294 g/mol. The number of alkyl halides is 1. The lowest BCUT2D eigenvalue weighted by molar-refractivity contribution is 0.133. The average Bonchev–Trinajstić information content (AvgIpc) is 2.85. The Labute approximate surface area is 123 Å². The van der Waals surface area contributed by atoms with Gasteiger partial charge < -0.3 is 0 Å². The summed E-state index contributed by atoms with van der Waals surface area (Å²) in [5, 5.41) is 3.74. The topological polar surface area (TPSA) is 6.48 Å². The Kier molecular flexibility index (Phi) is 4.38. The number of benzene rings is 1. The van der Waals surface area contributed by atoms with Crippen molar-refractivity contribution in [2.24, 2.45) is 0 Å². The molecule has 2 heterocycles. The van der Waals surface area contributed by atoms with E-state index in [0.717, 1.165) is 45.1 Å². The SMILES string of the molecule is ClCCN1CCN(Cc2csc3ccccc23)CC1. The van der Waals surface area contributed by atoms with Gasteiger partial charge in [-0.25, -0.2) is 0 Å². The minimum absolute atomic E-state index is 0.745. The highest BCUT2D eigenvalue weighted by molar-refractivity contribution is 7.17. The molecular formula is C15H19ClN2S. The zero-order chi connectivity index (χ0) is 13.1. The van der Waals surface area contributed by atoms with Crippen molar-refractivity contribution in [2.75, 3.05) is 38.6 Å². The second-order valence-corrected chi connectivity index (χ2v) is 6.35. The molecule has 0 N–H and O–H groups in total. The third-order valence-electron chi connectivity index (χ3n) is 3.82. The average molecular weight is 295 g/mol. The Morgan fingerprint density at radius 2 is 1.79 bits per heavy atom. The Hall–Kier alpha value is -0.610. The van der Waals surface area contributed by atoms with Crippen molar-refractivity contribution in [2.45, 2.75) is 6.54 Å². The van der Waals surface area contributed by atoms with Crippen LogP contribution >= 0.6 is 22.9 Å². The van der Waals surface area contributed by atoms with Gasteiger partial charge in [0.05, 0.1) is 0 Å². The molecule has 2 nitrogen and oxygen atoms in total. The Morgan fingerprint density at radius 3 is 2.58 bits per heavy atom. The molecule has 0 aliphatic carbocycles. The minimum atomic E-state index is 0.745. The molecule has 1 aromatic carbocycles. The lowest BCUT2D eigenvalue weighted by Gasteiger charge is -2.34. The number of piperazine rings is 1. The van der Waals surface area contributed by atoms with Gasteiger partial charge in [0.15, 0.2) is 0 Å². The lowest BCUT2D eigenvalue weighted by Crippen LogP contribution is -2.46. The van der Waals surface area contributed by atoms with Crippen LogP contribution in [0.15, 0.2) is 29.6 Å². The molecule has 1 fully saturated rings. The van der Waals surface area contributed by atoms with E-state index in [1.165, 1.54) is 15.6 Å². The third kappa shape index (κ3) is 3.11. The maximum atomic E-state index is 5.80. The van der Waals surface area contributed by atoms with Crippen LogP contribution in [0, 0.1) is 0 Å². The van der Waals surface area contributed by atoms with Crippen molar-refractivity contribution >= 4 is 33.0 Å². The second-order valence-electron chi connectivity index (χ2n) is 5.06. The van der Waals surface area contributed by atoms with E-state index in [-0.39, 0.29) is 0 Å². The summed E-state index contributed by atoms with van der Waals surface area (Å²) in [5.74, 6) is 0.745. The second kappa shape index (κ2) is 6.23. The minimum Gasteiger partial charge on any atom is -0.300 e. The summed E-state index contributed by atoms with van der Waals surface area (Å²) in [6.45, 7) is 6.71. The van der Waals surface area contributed by atoms with Gasteiger partial charge in [-0.05, 0) is 22.4 Å². The summed E-state index contributed by atoms with van der Waals surface area (Å²) in [4.78, 5) is 5.01. The number of rotatable bonds is 4. The smallest absolute Gasteiger partial charge is 0.0351 e. The summed E-state index contributed by atoms with van der Waals surface area (Å²) >= 11 is 7.65. The van der Waals surface area contributed by atoms with E-state index in [2.05, 4.69) is 39.4 Å². The first-order valence-corrected chi connectivity index (χ1v) is 8.24. The summed E-state index contributed by atoms with van der Waals surface area (Å²) < 4.78 is 1.40. The van der Waals surface area contributed by atoms with Crippen LogP contribution in [0.25, 0.3) is 10.1 Å². The molecule has 1 aliphatic rings. The Bertz CT molecular complexity index is 532. The van der Waals surface area contributed by atoms with Crippen molar-refractivity contribution in [3.05, 3.63) is 35.2 Å². The molecule has 102 valence electrons. The number of halogens is 1. The van der Waals surface area contributed by atoms with Gasteiger partial charge in [0, 0.05) is 49.8 Å². The van der Waals surface area contributed by atoms with Gasteiger partial charge in [0.1, 0.15) is 0 Å². The molecule has 0 saturated carbocycles. The number of fused-ring (bicyclic) bond motifs is 1. The molecule has 3 rings (SSSR count). The lowest BCUT2D eigenvalue weighted by atomic mass is 10.1. The van der Waals surface area contributed by atoms with Gasteiger partial charge in [0.2, 0.25) is 0 Å². The van der Waals surface area contributed by atoms with E-state index in [1.807, 2.05) is 11.3 Å². The maximum Gasteiger partial charge on any atom is 0.0351 e. The molecule has 0 spiro atoms. The van der Waals surface area contributed by atoms with E-state index in [1.54, 1.807) is 0 Å². The van der Waals surface area contributed by atoms with Crippen LogP contribution in [0.5, 0.6) is 0 Å². The van der Waals surface area contributed by atoms with Crippen LogP contribution in [0.4, 0.5) is 0 Å². The molecular weight excluding hydrogens is 276 g/mol. The summed E-state index contributed by atoms with van der Waals surface area (Å²) in [7, 11) is 0. The number of hydrogen-bond acceptors (Lipinski definition) is 3. The van der Waals surface area contributed by atoms with Gasteiger partial charge >= 0.3 is 0 Å². The summed E-state index contributed by atoms with van der Waals surface area (Å²) in [5.41, 5.74) is 1.48. The van der Waals surface area contributed by atoms with Crippen LogP contribution in [-0.4, -0.2) is 48.4 Å². The highest BCUT2D eigenvalue weighted by Gasteiger charge is 2.17. The zero-order valence-electron chi connectivity index (χ0n) is 11.0. The Balaban J connectivity index is 1.63. The summed E-state index contributed by atoms with van der Waals surface area (Å²) in [6.07, 6.45) is 0. The number of hydrogen-bond donors (Lipinski definition) is 0. The molecule has 2 aromatic rings. The number of thiophene rings is 1. The van der Waals surface area contributed by atoms with E-state index in [4.69, 9.17) is 11.6 Å². The predicted octanol–water partition coefficient (Wildman–Crippen LogP) is 3.26. The fourth-order valence-electron chi connectivity index (χ4n) is 2.69. The highest BCUT2D eigenvalue weighted by Crippen LogP contribution is 2.26. The van der Waals surface area contributed by atoms with E-state index in [0.29, 0.717) is 0 Å². The normalized spacial score (nSPS) is 18.2. The summed E-state index contributed by atoms with van der Waals surface area (Å²) in [6, 6.07) is 8.71. The van der Waals surface area contributed by atoms with Crippen molar-refractivity contribution in [1.82, 2.24) is 9.80 Å². The predicted molar refractivity (Wildman–Crippen MR) is 84.3 cm³/mol. The van der Waals surface area contributed by atoms with Gasteiger partial charge in [-0.1, -0.05) is 18.2 Å². The third-order valence-corrected chi connectivity index (χ3v) is 5.00. The molecule has 0 unspecified atom stereocenters. The molecule has 0 radical (unpaired) electrons. The van der Waals surface area contributed by atoms with Crippen LogP contribution in [0.3, 0.4) is 0 Å². The fourth-order valence-corrected chi connectivity index (χ4v) is 3.88. The fraction of sp³-hybridized carbons (Fsp3) is 0.467. The molecule has 1 aliphatic heterocycles. The van der Waals surface area contributed by atoms with Crippen LogP contribution in [0.2, 0.25) is 0 Å². The van der Waals surface area contributed by atoms with E-state index >= 15 is 0 Å². The van der Waals surface area contributed by atoms with Crippen molar-refractivity contribution in [3.63, 3.8) is 0 Å². The first-order valence-electron chi connectivity index (χ1n) is 6.82. The first-order chi connectivity index (χ1) is 9.36. The van der Waals surface area contributed by atoms with Gasteiger partial charge in [-0.15, -0.1) is 22.9 Å². The molecule has 0 amide bonds. The highest BCUT2D eigenvalue weighted by atomic mass is 35.5. The standard InChI is InChI=1S/C15H19ClN2S/c16-5-6-17-7-9-18(10-8-17)11-13-12-19-15-4-2-1-3-14(13)15/h1-4,12H,5-11H2. The van der Waals surface area contributed by atoms with Crippen molar-refractivity contribution in [1.29, 1.82) is 0 Å². The Morgan fingerprint density at radius 1 is 1.05 bits per heavy atom. The molecule has 0 bridgehead atoms. The first kappa shape index (κ1) is 13.4. The molecule has 1 saturated heterocycles. The van der Waals surface area contributed by atoms with E-state index in [9.17, 15) is 0 Å². The van der Waals surface area contributed by atoms with Crippen LogP contribution in [0.1, 0.15) is 5.56 Å². The quantitative estimate of drug-likeness (QED) is 0.799. The van der Waals surface area contributed by atoms with Crippen LogP contribution in [-0.2, 0) is 6.54 Å². The van der Waals surface area contributed by atoms with Gasteiger partial charge in [0.25, 0.3) is 0 Å². The largest absolute Gasteiger partial charge is 0.300 e. The molecule has 1 aromatic heterocycles.